The van der Waals surface area contributed by atoms with E-state index in [2.05, 4.69) is 10.3 Å². The van der Waals surface area contributed by atoms with Gasteiger partial charge < -0.3 is 10.1 Å². The van der Waals surface area contributed by atoms with Crippen molar-refractivity contribution in [1.82, 2.24) is 4.98 Å². The minimum atomic E-state index is -0.351. The lowest BCUT2D eigenvalue weighted by molar-refractivity contribution is 0.321. The Bertz CT molecular complexity index is 473. The Kier molecular flexibility index (Phi) is 3.93. The van der Waals surface area contributed by atoms with Gasteiger partial charge in [-0.25, -0.2) is 9.37 Å². The smallest absolute Gasteiger partial charge is 0.167 e. The van der Waals surface area contributed by atoms with Crippen molar-refractivity contribution < 1.29 is 9.13 Å². The predicted octanol–water partition coefficient (Wildman–Crippen LogP) is 3.29. The molecular weight excluding hydrogens is 239 g/mol. The molecule has 2 rings (SSSR count). The molecule has 0 atom stereocenters. The molecule has 0 saturated carbocycles. The molecule has 1 aromatic carbocycles. The lowest BCUT2D eigenvalue weighted by Crippen LogP contribution is -2.00. The number of hydrogen-bond acceptors (Lipinski definition) is 4. The highest BCUT2D eigenvalue weighted by Crippen LogP contribution is 2.21. The zero-order valence-electron chi connectivity index (χ0n) is 9.44. The maximum atomic E-state index is 13.5. The molecule has 0 fully saturated rings. The van der Waals surface area contributed by atoms with Gasteiger partial charge in [0.2, 0.25) is 0 Å². The zero-order valence-corrected chi connectivity index (χ0v) is 10.3. The molecule has 0 bridgehead atoms. The molecule has 0 amide bonds. The van der Waals surface area contributed by atoms with Gasteiger partial charge in [0.05, 0.1) is 13.2 Å². The van der Waals surface area contributed by atoms with Gasteiger partial charge in [0.15, 0.2) is 11.6 Å². The second-order valence-electron chi connectivity index (χ2n) is 3.36. The highest BCUT2D eigenvalue weighted by molar-refractivity contribution is 7.09. The Balaban J connectivity index is 2.00. The molecule has 0 unspecified atom stereocenters. The Morgan fingerprint density at radius 2 is 2.35 bits per heavy atom. The van der Waals surface area contributed by atoms with Gasteiger partial charge in [0.25, 0.3) is 0 Å². The maximum absolute atomic E-state index is 13.5. The van der Waals surface area contributed by atoms with Crippen molar-refractivity contribution in [3.63, 3.8) is 0 Å². The van der Waals surface area contributed by atoms with E-state index in [4.69, 9.17) is 4.74 Å². The minimum absolute atomic E-state index is 0.285. The SMILES string of the molecule is CCOc1ccc(NCc2nccs2)cc1F. The quantitative estimate of drug-likeness (QED) is 0.886. The molecule has 1 aromatic heterocycles. The van der Waals surface area contributed by atoms with Crippen LogP contribution < -0.4 is 10.1 Å². The molecule has 90 valence electrons. The summed E-state index contributed by atoms with van der Waals surface area (Å²) in [5.74, 6) is -0.0664. The fourth-order valence-corrected chi connectivity index (χ4v) is 1.96. The molecule has 0 saturated heterocycles. The van der Waals surface area contributed by atoms with Crippen molar-refractivity contribution in [3.05, 3.63) is 40.6 Å². The van der Waals surface area contributed by atoms with Gasteiger partial charge in [0, 0.05) is 23.3 Å². The van der Waals surface area contributed by atoms with Crippen molar-refractivity contribution in [2.24, 2.45) is 0 Å². The molecule has 1 N–H and O–H groups in total. The van der Waals surface area contributed by atoms with Crippen LogP contribution in [0.3, 0.4) is 0 Å². The molecule has 0 aliphatic carbocycles. The number of thiazole rings is 1. The average molecular weight is 252 g/mol. The first-order chi connectivity index (χ1) is 8.29. The molecule has 3 nitrogen and oxygen atoms in total. The lowest BCUT2D eigenvalue weighted by atomic mass is 10.3. The van der Waals surface area contributed by atoms with Crippen molar-refractivity contribution >= 4 is 17.0 Å². The first kappa shape index (κ1) is 11.9. The van der Waals surface area contributed by atoms with Crippen molar-refractivity contribution in [2.75, 3.05) is 11.9 Å². The number of hydrogen-bond donors (Lipinski definition) is 1. The van der Waals surface area contributed by atoms with Crippen LogP contribution in [0.15, 0.2) is 29.8 Å². The molecule has 0 aliphatic rings. The van der Waals surface area contributed by atoms with Crippen LogP contribution in [0.2, 0.25) is 0 Å². The molecule has 0 spiro atoms. The molecule has 5 heteroatoms. The first-order valence-corrected chi connectivity index (χ1v) is 6.22. The fourth-order valence-electron chi connectivity index (χ4n) is 1.40. The van der Waals surface area contributed by atoms with Gasteiger partial charge in [-0.05, 0) is 19.1 Å². The number of aromatic nitrogens is 1. The first-order valence-electron chi connectivity index (χ1n) is 5.34. The van der Waals surface area contributed by atoms with Crippen molar-refractivity contribution in [2.45, 2.75) is 13.5 Å². The Morgan fingerprint density at radius 3 is 3.00 bits per heavy atom. The summed E-state index contributed by atoms with van der Waals surface area (Å²) in [6.45, 7) is 2.89. The van der Waals surface area contributed by atoms with Gasteiger partial charge in [-0.1, -0.05) is 0 Å². The Morgan fingerprint density at radius 1 is 1.47 bits per heavy atom. The third-order valence-corrected chi connectivity index (χ3v) is 2.94. The average Bonchev–Trinajstić information content (AvgIpc) is 2.83. The van der Waals surface area contributed by atoms with Crippen LogP contribution in [-0.4, -0.2) is 11.6 Å². The van der Waals surface area contributed by atoms with Crippen LogP contribution >= 0.6 is 11.3 Å². The van der Waals surface area contributed by atoms with Gasteiger partial charge in [-0.15, -0.1) is 11.3 Å². The Labute approximate surface area is 103 Å². The van der Waals surface area contributed by atoms with Crippen molar-refractivity contribution in [1.29, 1.82) is 0 Å². The second kappa shape index (κ2) is 5.63. The Hall–Kier alpha value is -1.62. The molecule has 1 heterocycles. The van der Waals surface area contributed by atoms with E-state index in [0.29, 0.717) is 13.2 Å². The van der Waals surface area contributed by atoms with E-state index in [1.807, 2.05) is 12.3 Å². The third kappa shape index (κ3) is 3.17. The molecular formula is C12H13FN2OS. The fraction of sp³-hybridized carbons (Fsp3) is 0.250. The number of ether oxygens (including phenoxy) is 1. The van der Waals surface area contributed by atoms with E-state index in [1.165, 1.54) is 6.07 Å². The number of anilines is 1. The van der Waals surface area contributed by atoms with E-state index in [1.54, 1.807) is 29.7 Å². The van der Waals surface area contributed by atoms with Crippen LogP contribution in [0.5, 0.6) is 5.75 Å². The molecule has 0 aliphatic heterocycles. The monoisotopic (exact) mass is 252 g/mol. The van der Waals surface area contributed by atoms with E-state index >= 15 is 0 Å². The number of nitrogens with one attached hydrogen (secondary N) is 1. The predicted molar refractivity (Wildman–Crippen MR) is 67.0 cm³/mol. The summed E-state index contributed by atoms with van der Waals surface area (Å²) < 4.78 is 18.7. The highest BCUT2D eigenvalue weighted by atomic mass is 32.1. The van der Waals surface area contributed by atoms with E-state index < -0.39 is 0 Å². The number of rotatable bonds is 5. The molecule has 17 heavy (non-hydrogen) atoms. The molecule has 0 radical (unpaired) electrons. The second-order valence-corrected chi connectivity index (χ2v) is 4.34. The zero-order chi connectivity index (χ0) is 12.1. The summed E-state index contributed by atoms with van der Waals surface area (Å²) >= 11 is 1.57. The third-order valence-electron chi connectivity index (χ3n) is 2.16. The van der Waals surface area contributed by atoms with Crippen LogP contribution in [0, 0.1) is 5.82 Å². The summed E-state index contributed by atoms with van der Waals surface area (Å²) in [4.78, 5) is 4.14. The summed E-state index contributed by atoms with van der Waals surface area (Å²) in [7, 11) is 0. The maximum Gasteiger partial charge on any atom is 0.167 e. The highest BCUT2D eigenvalue weighted by Gasteiger charge is 2.04. The van der Waals surface area contributed by atoms with Crippen LogP contribution in [0.25, 0.3) is 0 Å². The number of benzene rings is 1. The lowest BCUT2D eigenvalue weighted by Gasteiger charge is -2.08. The summed E-state index contributed by atoms with van der Waals surface area (Å²) in [6.07, 6.45) is 1.75. The summed E-state index contributed by atoms with van der Waals surface area (Å²) in [6, 6.07) is 4.85. The summed E-state index contributed by atoms with van der Waals surface area (Å²) in [5.41, 5.74) is 0.723. The van der Waals surface area contributed by atoms with Gasteiger partial charge in [-0.2, -0.15) is 0 Å². The summed E-state index contributed by atoms with van der Waals surface area (Å²) in [5, 5.41) is 5.99. The number of nitrogens with zero attached hydrogens (tertiary/aromatic N) is 1. The normalized spacial score (nSPS) is 10.2. The van der Waals surface area contributed by atoms with Gasteiger partial charge in [-0.3, -0.25) is 0 Å². The van der Waals surface area contributed by atoms with Crippen LogP contribution in [0.4, 0.5) is 10.1 Å². The van der Waals surface area contributed by atoms with E-state index in [-0.39, 0.29) is 11.6 Å². The van der Waals surface area contributed by atoms with E-state index in [0.717, 1.165) is 10.7 Å². The van der Waals surface area contributed by atoms with Crippen molar-refractivity contribution in [3.8, 4) is 5.75 Å². The van der Waals surface area contributed by atoms with E-state index in [9.17, 15) is 4.39 Å². The van der Waals surface area contributed by atoms with Gasteiger partial charge in [0.1, 0.15) is 5.01 Å². The standard InChI is InChI=1S/C12H13FN2OS/c1-2-16-11-4-3-9(7-10(11)13)15-8-12-14-5-6-17-12/h3-7,15H,2,8H2,1H3. The minimum Gasteiger partial charge on any atom is -0.491 e. The van der Waals surface area contributed by atoms with Gasteiger partial charge >= 0.3 is 0 Å². The largest absolute Gasteiger partial charge is 0.491 e. The molecule has 2 aromatic rings. The topological polar surface area (TPSA) is 34.1 Å². The number of halogens is 1. The van der Waals surface area contributed by atoms with Crippen LogP contribution in [0.1, 0.15) is 11.9 Å². The van der Waals surface area contributed by atoms with Crippen LogP contribution in [-0.2, 0) is 6.54 Å².